The van der Waals surface area contributed by atoms with Crippen molar-refractivity contribution < 1.29 is 36.2 Å². The van der Waals surface area contributed by atoms with E-state index >= 15 is 0 Å². The molecule has 0 bridgehead atoms. The first-order chi connectivity index (χ1) is 17.2. The molecule has 1 atom stereocenters. The molecule has 198 valence electrons. The maximum absolute atomic E-state index is 13.5. The van der Waals surface area contributed by atoms with Gasteiger partial charge in [-0.15, -0.1) is 0 Å². The van der Waals surface area contributed by atoms with Gasteiger partial charge in [0.2, 0.25) is 0 Å². The number of rotatable bonds is 4. The molecule has 1 unspecified atom stereocenters. The van der Waals surface area contributed by atoms with E-state index in [9.17, 15) is 36.2 Å². The van der Waals surface area contributed by atoms with Gasteiger partial charge in [-0.05, 0) is 61.2 Å². The van der Waals surface area contributed by atoms with E-state index in [1.165, 1.54) is 12.1 Å². The van der Waals surface area contributed by atoms with Crippen molar-refractivity contribution in [2.45, 2.75) is 44.7 Å². The Hall–Kier alpha value is -3.41. The first kappa shape index (κ1) is 26.6. The minimum atomic E-state index is -5.00. The van der Waals surface area contributed by atoms with Crippen molar-refractivity contribution in [3.63, 3.8) is 0 Å². The van der Waals surface area contributed by atoms with Gasteiger partial charge < -0.3 is 19.7 Å². The third kappa shape index (κ3) is 5.79. The second-order valence-electron chi connectivity index (χ2n) is 8.73. The van der Waals surface area contributed by atoms with Crippen LogP contribution in [0.1, 0.15) is 46.8 Å². The Labute approximate surface area is 212 Å². The van der Waals surface area contributed by atoms with E-state index in [-0.39, 0.29) is 41.2 Å². The van der Waals surface area contributed by atoms with Crippen molar-refractivity contribution in [3.8, 4) is 0 Å². The smallest absolute Gasteiger partial charge is 0.416 e. The Bertz CT molecular complexity index is 1270. The molecule has 3 aromatic rings. The number of nitrogens with zero attached hydrogens (tertiary/aromatic N) is 3. The predicted octanol–water partition coefficient (Wildman–Crippen LogP) is 6.10. The molecule has 0 radical (unpaired) electrons. The predicted molar refractivity (Wildman–Crippen MR) is 122 cm³/mol. The molecule has 6 nitrogen and oxygen atoms in total. The van der Waals surface area contributed by atoms with Gasteiger partial charge in [-0.2, -0.15) is 31.4 Å². The summed E-state index contributed by atoms with van der Waals surface area (Å²) in [6.45, 7) is 1.40. The molecule has 2 aromatic carbocycles. The van der Waals surface area contributed by atoms with E-state index in [1.807, 2.05) is 0 Å². The molecule has 0 saturated carbocycles. The van der Waals surface area contributed by atoms with Crippen molar-refractivity contribution in [1.29, 1.82) is 0 Å². The summed E-state index contributed by atoms with van der Waals surface area (Å²) in [6, 6.07) is 6.94. The van der Waals surface area contributed by atoms with Crippen molar-refractivity contribution in [2.24, 2.45) is 0 Å². The number of benzene rings is 2. The standard InChI is InChI=1S/C24H21ClF6N4O2/c1-13-7-21(33-32-13)35(12-14-8-15(23(26,27)28)10-16(9-14)24(29,30)31)19-3-2-6-34(22(36)37)20-11-17(25)4-5-18(19)20/h4-5,7-11,19H,2-3,6,12H2,1H3,(H,32,33)(H,36,37)/p-1. The number of aryl methyl sites for hydroxylation is 1. The normalized spacial score (nSPS) is 16.3. The van der Waals surface area contributed by atoms with Crippen molar-refractivity contribution in [1.82, 2.24) is 10.2 Å². The number of halogens is 7. The van der Waals surface area contributed by atoms with Crippen LogP contribution in [0.3, 0.4) is 0 Å². The molecule has 0 fully saturated rings. The Balaban J connectivity index is 1.86. The molecule has 0 spiro atoms. The van der Waals surface area contributed by atoms with E-state index in [4.69, 9.17) is 11.6 Å². The van der Waals surface area contributed by atoms with Crippen LogP contribution in [-0.4, -0.2) is 22.8 Å². The number of carbonyl (C=O) groups excluding carboxylic acids is 1. The number of aromatic nitrogens is 2. The second-order valence-corrected chi connectivity index (χ2v) is 9.17. The molecule has 0 saturated heterocycles. The minimum Gasteiger partial charge on any atom is -0.530 e. The van der Waals surface area contributed by atoms with E-state index in [0.717, 1.165) is 4.90 Å². The highest BCUT2D eigenvalue weighted by molar-refractivity contribution is 6.31. The summed E-state index contributed by atoms with van der Waals surface area (Å²) < 4.78 is 80.9. The summed E-state index contributed by atoms with van der Waals surface area (Å²) in [6.07, 6.45) is -10.8. The van der Waals surface area contributed by atoms with Crippen LogP contribution in [0.2, 0.25) is 5.02 Å². The Morgan fingerprint density at radius 1 is 1.11 bits per heavy atom. The summed E-state index contributed by atoms with van der Waals surface area (Å²) in [4.78, 5) is 14.4. The molecule has 13 heteroatoms. The molecular weight excluding hydrogens is 526 g/mol. The highest BCUT2D eigenvalue weighted by Gasteiger charge is 2.38. The van der Waals surface area contributed by atoms with Gasteiger partial charge >= 0.3 is 12.4 Å². The zero-order chi connectivity index (χ0) is 27.1. The molecule has 0 aliphatic carbocycles. The lowest BCUT2D eigenvalue weighted by Gasteiger charge is -2.33. The van der Waals surface area contributed by atoms with Gasteiger partial charge in [0.15, 0.2) is 5.82 Å². The monoisotopic (exact) mass is 545 g/mol. The van der Waals surface area contributed by atoms with Gasteiger partial charge in [-0.25, -0.2) is 0 Å². The van der Waals surface area contributed by atoms with Crippen LogP contribution < -0.4 is 14.9 Å². The van der Waals surface area contributed by atoms with Crippen LogP contribution >= 0.6 is 11.6 Å². The zero-order valence-electron chi connectivity index (χ0n) is 19.3. The third-order valence-corrected chi connectivity index (χ3v) is 6.32. The highest BCUT2D eigenvalue weighted by atomic mass is 35.5. The fourth-order valence-electron chi connectivity index (χ4n) is 4.47. The number of nitrogens with one attached hydrogen (secondary N) is 1. The number of aromatic amines is 1. The summed E-state index contributed by atoms with van der Waals surface area (Å²) in [5.74, 6) is 0.274. The van der Waals surface area contributed by atoms with Gasteiger partial charge in [0.25, 0.3) is 0 Å². The number of fused-ring (bicyclic) bond motifs is 1. The molecule has 1 aliphatic heterocycles. The van der Waals surface area contributed by atoms with Gasteiger partial charge in [0, 0.05) is 35.6 Å². The van der Waals surface area contributed by atoms with Crippen LogP contribution in [0, 0.1) is 6.92 Å². The van der Waals surface area contributed by atoms with E-state index in [0.29, 0.717) is 36.2 Å². The summed E-state index contributed by atoms with van der Waals surface area (Å²) in [5, 5.41) is 19.0. The summed E-state index contributed by atoms with van der Waals surface area (Å²) in [7, 11) is 0. The quantitative estimate of drug-likeness (QED) is 0.402. The average Bonchev–Trinajstić information content (AvgIpc) is 3.13. The summed E-state index contributed by atoms with van der Waals surface area (Å²) >= 11 is 6.11. The van der Waals surface area contributed by atoms with Crippen molar-refractivity contribution in [2.75, 3.05) is 16.3 Å². The van der Waals surface area contributed by atoms with Crippen LogP contribution in [-0.2, 0) is 18.9 Å². The van der Waals surface area contributed by atoms with Crippen molar-refractivity contribution in [3.05, 3.63) is 75.4 Å². The maximum Gasteiger partial charge on any atom is 0.416 e. The Kier molecular flexibility index (Phi) is 7.06. The molecule has 2 heterocycles. The number of carboxylic acid groups (broad SMARTS) is 1. The fraction of sp³-hybridized carbons (Fsp3) is 0.333. The second kappa shape index (κ2) is 9.81. The van der Waals surface area contributed by atoms with Gasteiger partial charge in [0.1, 0.15) is 6.09 Å². The lowest BCUT2D eigenvalue weighted by molar-refractivity contribution is -0.246. The average molecular weight is 546 g/mol. The van der Waals surface area contributed by atoms with Gasteiger partial charge in [0.05, 0.1) is 17.2 Å². The number of hydrogen-bond donors (Lipinski definition) is 1. The largest absolute Gasteiger partial charge is 0.530 e. The number of H-pyrrole nitrogens is 1. The SMILES string of the molecule is Cc1cc(N(Cc2cc(C(F)(F)F)cc(C(F)(F)F)c2)C2CCCN(C(=O)[O-])c3cc(Cl)ccc32)n[nH]1. The van der Waals surface area contributed by atoms with Crippen LogP contribution in [0.25, 0.3) is 0 Å². The lowest BCUT2D eigenvalue weighted by Crippen LogP contribution is -2.42. The highest BCUT2D eigenvalue weighted by Crippen LogP contribution is 2.42. The molecule has 1 aliphatic rings. The Morgan fingerprint density at radius 2 is 1.76 bits per heavy atom. The molecule has 4 rings (SSSR count). The number of carbonyl (C=O) groups is 1. The number of alkyl halides is 6. The Morgan fingerprint density at radius 3 is 2.30 bits per heavy atom. The maximum atomic E-state index is 13.5. The lowest BCUT2D eigenvalue weighted by atomic mass is 9.98. The van der Waals surface area contributed by atoms with Crippen LogP contribution in [0.5, 0.6) is 0 Å². The molecule has 37 heavy (non-hydrogen) atoms. The number of anilines is 2. The van der Waals surface area contributed by atoms with Gasteiger partial charge in [-0.1, -0.05) is 17.7 Å². The topological polar surface area (TPSA) is 75.3 Å². The summed E-state index contributed by atoms with van der Waals surface area (Å²) in [5.41, 5.74) is -1.78. The molecular formula is C24H20ClF6N4O2-. The van der Waals surface area contributed by atoms with E-state index in [1.54, 1.807) is 24.0 Å². The minimum absolute atomic E-state index is 0.0708. The van der Waals surface area contributed by atoms with Crippen LogP contribution in [0.15, 0.2) is 42.5 Å². The molecule has 1 aromatic heterocycles. The van der Waals surface area contributed by atoms with Crippen molar-refractivity contribution >= 4 is 29.2 Å². The van der Waals surface area contributed by atoms with E-state index < -0.39 is 35.6 Å². The molecule has 1 N–H and O–H groups in total. The first-order valence-electron chi connectivity index (χ1n) is 11.1. The number of amides is 1. The fourth-order valence-corrected chi connectivity index (χ4v) is 4.64. The van der Waals surface area contributed by atoms with Crippen LogP contribution in [0.4, 0.5) is 42.6 Å². The van der Waals surface area contributed by atoms with E-state index in [2.05, 4.69) is 10.2 Å². The third-order valence-electron chi connectivity index (χ3n) is 6.09. The van der Waals surface area contributed by atoms with Gasteiger partial charge in [-0.3, -0.25) is 5.10 Å². The zero-order valence-corrected chi connectivity index (χ0v) is 20.0. The molecule has 1 amide bonds. The first-order valence-corrected chi connectivity index (χ1v) is 11.5. The number of hydrogen-bond acceptors (Lipinski definition) is 4.